The fraction of sp³-hybridized carbons (Fsp3) is 0.438. The number of unbranched alkanes of at least 4 members (excludes halogenated alkanes) is 1. The summed E-state index contributed by atoms with van der Waals surface area (Å²) in [6.45, 7) is 3.88. The Morgan fingerprint density at radius 2 is 2.27 bits per heavy atom. The molecule has 0 aliphatic carbocycles. The van der Waals surface area contributed by atoms with Crippen LogP contribution in [0.2, 0.25) is 0 Å². The highest BCUT2D eigenvalue weighted by Gasteiger charge is 2.33. The molecular formula is C16H21N2O3S+. The van der Waals surface area contributed by atoms with Crippen molar-refractivity contribution in [2.45, 2.75) is 26.3 Å². The molecule has 0 saturated carbocycles. The number of aromatic nitrogens is 1. The second-order valence-corrected chi connectivity index (χ2v) is 5.35. The lowest BCUT2D eigenvalue weighted by Gasteiger charge is -2.10. The van der Waals surface area contributed by atoms with E-state index in [4.69, 9.17) is 21.7 Å². The van der Waals surface area contributed by atoms with E-state index >= 15 is 0 Å². The minimum absolute atomic E-state index is 0.185. The number of thiocarbonyl (C=S) groups is 1. The van der Waals surface area contributed by atoms with Crippen molar-refractivity contribution in [2.75, 3.05) is 20.3 Å². The number of carbonyl (C=O) groups excluding carboxylic acids is 1. The van der Waals surface area contributed by atoms with Gasteiger partial charge in [0.2, 0.25) is 11.5 Å². The van der Waals surface area contributed by atoms with E-state index in [0.29, 0.717) is 13.2 Å². The monoisotopic (exact) mass is 321 g/mol. The van der Waals surface area contributed by atoms with Gasteiger partial charge in [0.05, 0.1) is 19.2 Å². The molecule has 22 heavy (non-hydrogen) atoms. The van der Waals surface area contributed by atoms with E-state index in [2.05, 4.69) is 11.5 Å². The van der Waals surface area contributed by atoms with Crippen LogP contribution in [0.3, 0.4) is 0 Å². The van der Waals surface area contributed by atoms with Gasteiger partial charge in [-0.15, -0.1) is 0 Å². The Kier molecular flexibility index (Phi) is 6.03. The largest absolute Gasteiger partial charge is 0.425 e. The molecule has 0 bridgehead atoms. The maximum Gasteiger partial charge on any atom is 0.297 e. The molecule has 0 N–H and O–H groups in total. The average molecular weight is 321 g/mol. The molecule has 6 heteroatoms. The lowest BCUT2D eigenvalue weighted by molar-refractivity contribution is -0.699. The number of carbonyl (C=O) groups is 1. The van der Waals surface area contributed by atoms with Crippen molar-refractivity contribution in [3.63, 3.8) is 0 Å². The van der Waals surface area contributed by atoms with Gasteiger partial charge in [0.25, 0.3) is 11.1 Å². The van der Waals surface area contributed by atoms with Gasteiger partial charge in [-0.25, -0.2) is 0 Å². The van der Waals surface area contributed by atoms with Gasteiger partial charge in [-0.05, 0) is 18.3 Å². The van der Waals surface area contributed by atoms with E-state index in [1.54, 1.807) is 13.2 Å². The summed E-state index contributed by atoms with van der Waals surface area (Å²) in [4.78, 5) is 13.8. The van der Waals surface area contributed by atoms with Crippen molar-refractivity contribution in [2.24, 2.45) is 0 Å². The van der Waals surface area contributed by atoms with Crippen LogP contribution >= 0.6 is 12.2 Å². The Bertz CT molecular complexity index is 587. The smallest absolute Gasteiger partial charge is 0.297 e. The minimum Gasteiger partial charge on any atom is -0.425 e. The molecule has 1 amide bonds. The molecule has 1 aliphatic rings. The maximum atomic E-state index is 12.3. The second kappa shape index (κ2) is 8.00. The van der Waals surface area contributed by atoms with Crippen molar-refractivity contribution >= 4 is 29.4 Å². The molecule has 0 radical (unpaired) electrons. The molecule has 0 spiro atoms. The lowest BCUT2D eigenvalue weighted by atomic mass is 10.2. The predicted molar refractivity (Wildman–Crippen MR) is 86.8 cm³/mol. The first-order chi connectivity index (χ1) is 10.7. The van der Waals surface area contributed by atoms with E-state index in [1.165, 1.54) is 4.90 Å². The molecule has 5 nitrogen and oxygen atoms in total. The maximum absolute atomic E-state index is 12.3. The zero-order valence-electron chi connectivity index (χ0n) is 12.9. The highest BCUT2D eigenvalue weighted by atomic mass is 32.1. The number of pyridine rings is 1. The summed E-state index contributed by atoms with van der Waals surface area (Å²) in [5.74, 6) is 0.0468. The second-order valence-electron chi connectivity index (χ2n) is 5.00. The first-order valence-corrected chi connectivity index (χ1v) is 7.81. The summed E-state index contributed by atoms with van der Waals surface area (Å²) in [7, 11) is 1.59. The molecule has 1 aromatic heterocycles. The molecule has 2 rings (SSSR count). The molecule has 0 unspecified atom stereocenters. The normalized spacial score (nSPS) is 16.5. The van der Waals surface area contributed by atoms with Gasteiger partial charge in [0, 0.05) is 25.7 Å². The number of nitrogens with zero attached hydrogens (tertiary/aromatic N) is 2. The summed E-state index contributed by atoms with van der Waals surface area (Å²) in [5, 5.41) is 0.185. The van der Waals surface area contributed by atoms with E-state index < -0.39 is 0 Å². The van der Waals surface area contributed by atoms with Crippen molar-refractivity contribution in [1.29, 1.82) is 0 Å². The summed E-state index contributed by atoms with van der Waals surface area (Å²) < 4.78 is 12.5. The first kappa shape index (κ1) is 16.6. The Balaban J connectivity index is 2.19. The number of aryl methyl sites for hydroxylation is 1. The van der Waals surface area contributed by atoms with E-state index in [-0.39, 0.29) is 16.8 Å². The van der Waals surface area contributed by atoms with Crippen molar-refractivity contribution in [3.05, 3.63) is 35.8 Å². The zero-order valence-corrected chi connectivity index (χ0v) is 13.8. The number of ether oxygens (including phenoxy) is 2. The van der Waals surface area contributed by atoms with Crippen LogP contribution in [0, 0.1) is 0 Å². The molecule has 2 heterocycles. The SMILES string of the molecule is CCCC[n+]1ccccc1C=C1OC(=S)N(CCOC)C1=O. The summed E-state index contributed by atoms with van der Waals surface area (Å²) in [5.41, 5.74) is 0.927. The topological polar surface area (TPSA) is 42.7 Å². The summed E-state index contributed by atoms with van der Waals surface area (Å²) >= 11 is 5.11. The molecule has 1 aromatic rings. The average Bonchev–Trinajstić information content (AvgIpc) is 2.78. The fourth-order valence-corrected chi connectivity index (χ4v) is 2.43. The third kappa shape index (κ3) is 3.90. The lowest BCUT2D eigenvalue weighted by Crippen LogP contribution is -2.36. The van der Waals surface area contributed by atoms with Crippen LogP contribution in [-0.4, -0.2) is 36.2 Å². The summed E-state index contributed by atoms with van der Waals surface area (Å²) in [6, 6.07) is 5.87. The van der Waals surface area contributed by atoms with Gasteiger partial charge in [-0.3, -0.25) is 9.69 Å². The minimum atomic E-state index is -0.215. The molecular weight excluding hydrogens is 300 g/mol. The van der Waals surface area contributed by atoms with Crippen molar-refractivity contribution < 1.29 is 18.8 Å². The van der Waals surface area contributed by atoms with E-state index in [0.717, 1.165) is 25.1 Å². The van der Waals surface area contributed by atoms with Gasteiger partial charge in [0.15, 0.2) is 6.20 Å². The Labute approximate surface area is 136 Å². The highest BCUT2D eigenvalue weighted by molar-refractivity contribution is 7.80. The molecule has 1 aliphatic heterocycles. The third-order valence-corrected chi connectivity index (χ3v) is 3.70. The Morgan fingerprint density at radius 3 is 3.00 bits per heavy atom. The number of methoxy groups -OCH3 is 1. The molecule has 1 fully saturated rings. The third-order valence-electron chi connectivity index (χ3n) is 3.40. The van der Waals surface area contributed by atoms with Crippen LogP contribution in [0.25, 0.3) is 6.08 Å². The Hall–Kier alpha value is -1.79. The van der Waals surface area contributed by atoms with Crippen LogP contribution in [0.5, 0.6) is 0 Å². The van der Waals surface area contributed by atoms with Gasteiger partial charge in [-0.1, -0.05) is 13.3 Å². The van der Waals surface area contributed by atoms with E-state index in [9.17, 15) is 4.79 Å². The highest BCUT2D eigenvalue weighted by Crippen LogP contribution is 2.18. The van der Waals surface area contributed by atoms with E-state index in [1.807, 2.05) is 24.4 Å². The predicted octanol–water partition coefficient (Wildman–Crippen LogP) is 1.91. The van der Waals surface area contributed by atoms with Gasteiger partial charge in [-0.2, -0.15) is 4.57 Å². The molecule has 0 atom stereocenters. The summed E-state index contributed by atoms with van der Waals surface area (Å²) in [6.07, 6.45) is 5.94. The standard InChI is InChI=1S/C16H21N2O3S/c1-3-4-8-17-9-6-5-7-13(17)12-14-15(19)18(10-11-20-2)16(22)21-14/h5-7,9,12H,3-4,8,10-11H2,1-2H3/q+1. The fourth-order valence-electron chi connectivity index (χ4n) is 2.16. The number of amides is 1. The number of hydrogen-bond donors (Lipinski definition) is 0. The van der Waals surface area contributed by atoms with Crippen LogP contribution < -0.4 is 4.57 Å². The quantitative estimate of drug-likeness (QED) is 0.437. The Morgan fingerprint density at radius 1 is 1.45 bits per heavy atom. The molecule has 1 saturated heterocycles. The number of hydrogen-bond acceptors (Lipinski definition) is 4. The molecule has 0 aromatic carbocycles. The van der Waals surface area contributed by atoms with Gasteiger partial charge in [0.1, 0.15) is 6.54 Å². The zero-order chi connectivity index (χ0) is 15.9. The van der Waals surface area contributed by atoms with Crippen LogP contribution in [-0.2, 0) is 20.8 Å². The van der Waals surface area contributed by atoms with Gasteiger partial charge >= 0.3 is 0 Å². The number of rotatable bonds is 7. The van der Waals surface area contributed by atoms with Crippen LogP contribution in [0.4, 0.5) is 0 Å². The molecule has 118 valence electrons. The van der Waals surface area contributed by atoms with Crippen molar-refractivity contribution in [3.8, 4) is 0 Å². The first-order valence-electron chi connectivity index (χ1n) is 7.40. The van der Waals surface area contributed by atoms with Gasteiger partial charge < -0.3 is 9.47 Å². The van der Waals surface area contributed by atoms with Crippen LogP contribution in [0.1, 0.15) is 25.5 Å². The van der Waals surface area contributed by atoms with Crippen molar-refractivity contribution in [1.82, 2.24) is 4.90 Å². The van der Waals surface area contributed by atoms with Crippen LogP contribution in [0.15, 0.2) is 30.2 Å².